The summed E-state index contributed by atoms with van der Waals surface area (Å²) >= 11 is 0. The van der Waals surface area contributed by atoms with Crippen LogP contribution in [0, 0.1) is 5.82 Å². The van der Waals surface area contributed by atoms with Crippen molar-refractivity contribution in [3.8, 4) is 0 Å². The standard InChI is InChI=1S/C20H16FN3O/c21-15-12-10-14(11-13-15)19-22-18-9-5-4-8-17(18)20(25)24(19)23-16-6-2-1-3-7-16/h1-13,19,22-23H. The van der Waals surface area contributed by atoms with Gasteiger partial charge in [-0.05, 0) is 42.0 Å². The first kappa shape index (κ1) is 15.2. The fraction of sp³-hybridized carbons (Fsp3) is 0.0500. The van der Waals surface area contributed by atoms with Crippen LogP contribution < -0.4 is 10.7 Å². The molecule has 4 nitrogen and oxygen atoms in total. The SMILES string of the molecule is O=C1c2ccccc2NC(c2ccc(F)cc2)N1Nc1ccccc1. The Kier molecular flexibility index (Phi) is 3.82. The Labute approximate surface area is 144 Å². The van der Waals surface area contributed by atoms with E-state index in [0.717, 1.165) is 16.9 Å². The van der Waals surface area contributed by atoms with E-state index in [-0.39, 0.29) is 11.7 Å². The Morgan fingerprint density at radius 1 is 0.880 bits per heavy atom. The van der Waals surface area contributed by atoms with E-state index in [0.29, 0.717) is 5.56 Å². The molecule has 3 aromatic carbocycles. The highest BCUT2D eigenvalue weighted by Gasteiger charge is 2.33. The van der Waals surface area contributed by atoms with E-state index in [1.165, 1.54) is 17.1 Å². The van der Waals surface area contributed by atoms with Crippen LogP contribution in [-0.4, -0.2) is 10.9 Å². The van der Waals surface area contributed by atoms with E-state index in [4.69, 9.17) is 0 Å². The van der Waals surface area contributed by atoms with E-state index in [2.05, 4.69) is 10.7 Å². The number of rotatable bonds is 3. The van der Waals surface area contributed by atoms with Crippen LogP contribution in [-0.2, 0) is 0 Å². The minimum atomic E-state index is -0.455. The second-order valence-corrected chi connectivity index (χ2v) is 5.80. The molecule has 0 spiro atoms. The highest BCUT2D eigenvalue weighted by atomic mass is 19.1. The number of para-hydroxylation sites is 2. The van der Waals surface area contributed by atoms with Gasteiger partial charge in [0.2, 0.25) is 0 Å². The van der Waals surface area contributed by atoms with Crippen LogP contribution in [0.1, 0.15) is 22.1 Å². The van der Waals surface area contributed by atoms with Crippen LogP contribution in [0.3, 0.4) is 0 Å². The van der Waals surface area contributed by atoms with Crippen LogP contribution in [0.25, 0.3) is 0 Å². The minimum absolute atomic E-state index is 0.146. The molecule has 0 aliphatic carbocycles. The summed E-state index contributed by atoms with van der Waals surface area (Å²) in [5.74, 6) is -0.457. The summed E-state index contributed by atoms with van der Waals surface area (Å²) in [4.78, 5) is 13.0. The maximum Gasteiger partial charge on any atom is 0.276 e. The largest absolute Gasteiger partial charge is 0.359 e. The number of carbonyl (C=O) groups is 1. The summed E-state index contributed by atoms with van der Waals surface area (Å²) in [7, 11) is 0. The highest BCUT2D eigenvalue weighted by molar-refractivity contribution is 6.02. The van der Waals surface area contributed by atoms with Crippen molar-refractivity contribution in [3.05, 3.63) is 95.8 Å². The molecule has 25 heavy (non-hydrogen) atoms. The van der Waals surface area contributed by atoms with Gasteiger partial charge in [-0.25, -0.2) is 9.40 Å². The van der Waals surface area contributed by atoms with Gasteiger partial charge in [0.1, 0.15) is 12.0 Å². The number of halogens is 1. The molecule has 3 aromatic rings. The molecule has 1 heterocycles. The van der Waals surface area contributed by atoms with E-state index in [1.54, 1.807) is 18.2 Å². The van der Waals surface area contributed by atoms with Crippen LogP contribution in [0.4, 0.5) is 15.8 Å². The molecule has 4 rings (SSSR count). The molecular weight excluding hydrogens is 317 g/mol. The van der Waals surface area contributed by atoms with Crippen LogP contribution >= 0.6 is 0 Å². The average molecular weight is 333 g/mol. The number of benzene rings is 3. The predicted octanol–water partition coefficient (Wildman–Crippen LogP) is 4.42. The lowest BCUT2D eigenvalue weighted by atomic mass is 10.0. The van der Waals surface area contributed by atoms with E-state index in [1.807, 2.05) is 48.5 Å². The van der Waals surface area contributed by atoms with Gasteiger partial charge in [0.05, 0.1) is 11.3 Å². The number of hydrazine groups is 1. The summed E-state index contributed by atoms with van der Waals surface area (Å²) in [5, 5.41) is 4.89. The van der Waals surface area contributed by atoms with Crippen molar-refractivity contribution in [1.29, 1.82) is 0 Å². The first-order chi connectivity index (χ1) is 12.2. The molecule has 124 valence electrons. The Bertz CT molecular complexity index is 896. The van der Waals surface area contributed by atoms with Crippen LogP contribution in [0.15, 0.2) is 78.9 Å². The van der Waals surface area contributed by atoms with Crippen molar-refractivity contribution in [2.45, 2.75) is 6.17 Å². The van der Waals surface area contributed by atoms with Crippen molar-refractivity contribution in [1.82, 2.24) is 5.01 Å². The van der Waals surface area contributed by atoms with Crippen molar-refractivity contribution < 1.29 is 9.18 Å². The van der Waals surface area contributed by atoms with E-state index in [9.17, 15) is 9.18 Å². The summed E-state index contributed by atoms with van der Waals surface area (Å²) in [6, 6.07) is 23.0. The molecule has 1 unspecified atom stereocenters. The molecule has 0 saturated heterocycles. The van der Waals surface area contributed by atoms with Crippen molar-refractivity contribution >= 4 is 17.3 Å². The van der Waals surface area contributed by atoms with Gasteiger partial charge in [0.15, 0.2) is 0 Å². The first-order valence-electron chi connectivity index (χ1n) is 7.99. The maximum absolute atomic E-state index is 13.3. The third-order valence-electron chi connectivity index (χ3n) is 4.14. The van der Waals surface area contributed by atoms with Gasteiger partial charge in [-0.15, -0.1) is 0 Å². The molecule has 0 aromatic heterocycles. The van der Waals surface area contributed by atoms with E-state index < -0.39 is 6.17 Å². The number of amides is 1. The number of nitrogens with one attached hydrogen (secondary N) is 2. The zero-order valence-electron chi connectivity index (χ0n) is 13.3. The molecule has 0 fully saturated rings. The summed E-state index contributed by atoms with van der Waals surface area (Å²) in [6.07, 6.45) is -0.455. The summed E-state index contributed by atoms with van der Waals surface area (Å²) in [6.45, 7) is 0. The third-order valence-corrected chi connectivity index (χ3v) is 4.14. The fourth-order valence-corrected chi connectivity index (χ4v) is 2.90. The highest BCUT2D eigenvalue weighted by Crippen LogP contribution is 2.33. The number of anilines is 2. The summed E-state index contributed by atoms with van der Waals surface area (Å²) < 4.78 is 13.3. The van der Waals surface area contributed by atoms with Gasteiger partial charge < -0.3 is 5.32 Å². The van der Waals surface area contributed by atoms with Gasteiger partial charge in [-0.1, -0.05) is 42.5 Å². The van der Waals surface area contributed by atoms with Crippen molar-refractivity contribution in [2.75, 3.05) is 10.7 Å². The molecule has 2 N–H and O–H groups in total. The first-order valence-corrected chi connectivity index (χ1v) is 7.99. The Hall–Kier alpha value is -3.34. The summed E-state index contributed by atoms with van der Waals surface area (Å²) in [5.41, 5.74) is 6.09. The molecule has 1 aliphatic rings. The zero-order chi connectivity index (χ0) is 17.2. The molecule has 5 heteroatoms. The van der Waals surface area contributed by atoms with Crippen LogP contribution in [0.5, 0.6) is 0 Å². The molecule has 0 saturated carbocycles. The number of nitrogens with zero attached hydrogens (tertiary/aromatic N) is 1. The minimum Gasteiger partial charge on any atom is -0.359 e. The lowest BCUT2D eigenvalue weighted by molar-refractivity contribution is 0.0733. The molecule has 1 atom stereocenters. The monoisotopic (exact) mass is 333 g/mol. The Morgan fingerprint density at radius 3 is 2.32 bits per heavy atom. The topological polar surface area (TPSA) is 44.4 Å². The molecule has 0 radical (unpaired) electrons. The Balaban J connectivity index is 1.75. The number of carbonyl (C=O) groups excluding carboxylic acids is 1. The maximum atomic E-state index is 13.3. The Morgan fingerprint density at radius 2 is 1.56 bits per heavy atom. The van der Waals surface area contributed by atoms with Gasteiger partial charge in [-0.3, -0.25) is 10.2 Å². The molecule has 1 aliphatic heterocycles. The average Bonchev–Trinajstić information content (AvgIpc) is 2.65. The molecule has 1 amide bonds. The normalized spacial score (nSPS) is 16.1. The third kappa shape index (κ3) is 2.92. The smallest absolute Gasteiger partial charge is 0.276 e. The van der Waals surface area contributed by atoms with Gasteiger partial charge >= 0.3 is 0 Å². The van der Waals surface area contributed by atoms with Crippen LogP contribution in [0.2, 0.25) is 0 Å². The lowest BCUT2D eigenvalue weighted by Crippen LogP contribution is -2.46. The lowest BCUT2D eigenvalue weighted by Gasteiger charge is -2.38. The second kappa shape index (κ2) is 6.28. The zero-order valence-corrected chi connectivity index (χ0v) is 13.3. The van der Waals surface area contributed by atoms with Gasteiger partial charge in [0.25, 0.3) is 5.91 Å². The number of fused-ring (bicyclic) bond motifs is 1. The quantitative estimate of drug-likeness (QED) is 0.746. The second-order valence-electron chi connectivity index (χ2n) is 5.80. The molecular formula is C20H16FN3O. The van der Waals surface area contributed by atoms with Crippen molar-refractivity contribution in [3.63, 3.8) is 0 Å². The van der Waals surface area contributed by atoms with Gasteiger partial charge in [0, 0.05) is 5.69 Å². The van der Waals surface area contributed by atoms with Gasteiger partial charge in [-0.2, -0.15) is 0 Å². The number of hydrogen-bond donors (Lipinski definition) is 2. The fourth-order valence-electron chi connectivity index (χ4n) is 2.90. The number of hydrogen-bond acceptors (Lipinski definition) is 3. The predicted molar refractivity (Wildman–Crippen MR) is 95.4 cm³/mol. The molecule has 0 bridgehead atoms. The van der Waals surface area contributed by atoms with Crippen molar-refractivity contribution in [2.24, 2.45) is 0 Å². The van der Waals surface area contributed by atoms with E-state index >= 15 is 0 Å².